The Kier molecular flexibility index (Phi) is 12.0. The Hall–Kier alpha value is -5.10. The first-order valence-corrected chi connectivity index (χ1v) is 19.4. The van der Waals surface area contributed by atoms with Gasteiger partial charge >= 0.3 is 0 Å². The molecule has 2 aliphatic heterocycles. The third kappa shape index (κ3) is 8.65. The van der Waals surface area contributed by atoms with Gasteiger partial charge in [0.25, 0.3) is 11.8 Å². The lowest BCUT2D eigenvalue weighted by Gasteiger charge is -2.27. The minimum Gasteiger partial charge on any atom is -0.381 e. The van der Waals surface area contributed by atoms with E-state index in [9.17, 15) is 9.59 Å². The first-order chi connectivity index (χ1) is 26.4. The van der Waals surface area contributed by atoms with Crippen molar-refractivity contribution in [2.75, 3.05) is 44.7 Å². The average Bonchev–Trinajstić information content (AvgIpc) is 3.63. The second kappa shape index (κ2) is 17.4. The van der Waals surface area contributed by atoms with Crippen LogP contribution in [0.15, 0.2) is 72.9 Å². The van der Waals surface area contributed by atoms with Crippen LogP contribution in [0.3, 0.4) is 0 Å². The van der Waals surface area contributed by atoms with Crippen LogP contribution in [0.1, 0.15) is 75.4 Å². The molecule has 0 bridgehead atoms. The Bertz CT molecular complexity index is 2100. The first-order valence-electron chi connectivity index (χ1n) is 19.4. The summed E-state index contributed by atoms with van der Waals surface area (Å²) in [5.41, 5.74) is 10.4. The smallest absolute Gasteiger partial charge is 0.251 e. The maximum absolute atomic E-state index is 13.6. The highest BCUT2D eigenvalue weighted by atomic mass is 16.5. The van der Waals surface area contributed by atoms with E-state index in [1.807, 2.05) is 10.9 Å². The fourth-order valence-electron chi connectivity index (χ4n) is 7.51. The molecule has 2 aliphatic rings. The number of fused-ring (bicyclic) bond motifs is 1. The van der Waals surface area contributed by atoms with Crippen molar-refractivity contribution < 1.29 is 14.3 Å². The van der Waals surface area contributed by atoms with Gasteiger partial charge in [-0.15, -0.1) is 0 Å². The van der Waals surface area contributed by atoms with Gasteiger partial charge in [-0.3, -0.25) is 14.5 Å². The number of rotatable bonds is 13. The van der Waals surface area contributed by atoms with Gasteiger partial charge in [0.1, 0.15) is 0 Å². The Labute approximate surface area is 317 Å². The molecule has 3 aromatic carbocycles. The number of hydrogen-bond donors (Lipinski definition) is 4. The highest BCUT2D eigenvalue weighted by Crippen LogP contribution is 2.31. The number of nitrogens with zero attached hydrogens (tertiary/aromatic N) is 4. The monoisotopic (exact) mass is 728 g/mol. The molecule has 11 nitrogen and oxygen atoms in total. The highest BCUT2D eigenvalue weighted by Gasteiger charge is 2.22. The summed E-state index contributed by atoms with van der Waals surface area (Å²) in [5.74, 6) is -0.487. The lowest BCUT2D eigenvalue weighted by molar-refractivity contribution is 0.0904. The predicted molar refractivity (Wildman–Crippen MR) is 214 cm³/mol. The van der Waals surface area contributed by atoms with Crippen LogP contribution in [0.4, 0.5) is 5.69 Å². The second-order valence-electron chi connectivity index (χ2n) is 14.3. The Morgan fingerprint density at radius 3 is 2.37 bits per heavy atom. The zero-order chi connectivity index (χ0) is 37.4. The van der Waals surface area contributed by atoms with Crippen LogP contribution in [-0.4, -0.2) is 76.9 Å². The van der Waals surface area contributed by atoms with Crippen LogP contribution in [0, 0.1) is 6.92 Å². The van der Waals surface area contributed by atoms with Crippen molar-refractivity contribution in [3.05, 3.63) is 112 Å². The van der Waals surface area contributed by atoms with Crippen LogP contribution < -0.4 is 21.3 Å². The summed E-state index contributed by atoms with van der Waals surface area (Å²) in [6, 6.07) is 22.3. The zero-order valence-corrected chi connectivity index (χ0v) is 31.7. The van der Waals surface area contributed by atoms with Crippen LogP contribution >= 0.6 is 0 Å². The van der Waals surface area contributed by atoms with E-state index < -0.39 is 0 Å². The molecule has 4 N–H and O–H groups in total. The maximum Gasteiger partial charge on any atom is 0.251 e. The van der Waals surface area contributed by atoms with Crippen molar-refractivity contribution in [1.82, 2.24) is 35.6 Å². The van der Waals surface area contributed by atoms with Crippen LogP contribution in [-0.2, 0) is 37.3 Å². The summed E-state index contributed by atoms with van der Waals surface area (Å²) >= 11 is 0. The average molecular weight is 729 g/mol. The summed E-state index contributed by atoms with van der Waals surface area (Å²) in [6.45, 7) is 14.2. The number of piperazine rings is 1. The first kappa shape index (κ1) is 37.2. The van der Waals surface area contributed by atoms with E-state index in [1.54, 1.807) is 24.3 Å². The summed E-state index contributed by atoms with van der Waals surface area (Å²) < 4.78 is 7.52. The molecule has 4 heterocycles. The molecule has 2 aromatic heterocycles. The van der Waals surface area contributed by atoms with Gasteiger partial charge in [-0.2, -0.15) is 5.10 Å². The van der Waals surface area contributed by atoms with E-state index in [2.05, 4.69) is 94.5 Å². The number of pyridine rings is 1. The zero-order valence-electron chi connectivity index (χ0n) is 31.7. The summed E-state index contributed by atoms with van der Waals surface area (Å²) in [7, 11) is 0. The van der Waals surface area contributed by atoms with Gasteiger partial charge in [0.15, 0.2) is 5.65 Å². The molecule has 0 atom stereocenters. The summed E-state index contributed by atoms with van der Waals surface area (Å²) in [6.07, 6.45) is 4.39. The molecule has 5 aromatic rings. The summed E-state index contributed by atoms with van der Waals surface area (Å²) in [4.78, 5) is 34.5. The normalized spacial score (nSPS) is 15.3. The number of hydrogen-bond acceptors (Lipinski definition) is 8. The van der Waals surface area contributed by atoms with E-state index in [-0.39, 0.29) is 17.9 Å². The van der Waals surface area contributed by atoms with Gasteiger partial charge in [0.2, 0.25) is 0 Å². The number of ether oxygens (including phenoxy) is 1. The molecule has 11 heteroatoms. The molecule has 2 amide bonds. The fraction of sp³-hybridized carbons (Fsp3) is 0.395. The summed E-state index contributed by atoms with van der Waals surface area (Å²) in [5, 5.41) is 18.9. The minimum atomic E-state index is -0.254. The molecular weight excluding hydrogens is 677 g/mol. The molecule has 7 rings (SSSR count). The van der Waals surface area contributed by atoms with Gasteiger partial charge < -0.3 is 26.0 Å². The largest absolute Gasteiger partial charge is 0.381 e. The van der Waals surface area contributed by atoms with E-state index in [0.717, 1.165) is 97.9 Å². The van der Waals surface area contributed by atoms with Crippen molar-refractivity contribution in [2.24, 2.45) is 0 Å². The van der Waals surface area contributed by atoms with Crippen molar-refractivity contribution >= 4 is 28.5 Å². The maximum atomic E-state index is 13.6. The number of amides is 2. The van der Waals surface area contributed by atoms with Gasteiger partial charge in [-0.25, -0.2) is 9.67 Å². The number of nitrogens with one attached hydrogen (secondary N) is 4. The Balaban J connectivity index is 1.02. The predicted octanol–water partition coefficient (Wildman–Crippen LogP) is 5.85. The van der Waals surface area contributed by atoms with Crippen molar-refractivity contribution in [3.63, 3.8) is 0 Å². The number of anilines is 1. The Morgan fingerprint density at radius 1 is 0.889 bits per heavy atom. The van der Waals surface area contributed by atoms with Crippen LogP contribution in [0.2, 0.25) is 0 Å². The third-order valence-electron chi connectivity index (χ3n) is 10.6. The number of benzene rings is 3. The quantitative estimate of drug-likeness (QED) is 0.119. The van der Waals surface area contributed by atoms with Gasteiger partial charge in [0, 0.05) is 94.0 Å². The lowest BCUT2D eigenvalue weighted by atomic mass is 9.96. The topological polar surface area (TPSA) is 125 Å². The van der Waals surface area contributed by atoms with Crippen molar-refractivity contribution in [1.29, 1.82) is 0 Å². The Morgan fingerprint density at radius 2 is 1.63 bits per heavy atom. The second-order valence-corrected chi connectivity index (χ2v) is 14.3. The van der Waals surface area contributed by atoms with Crippen molar-refractivity contribution in [2.45, 2.75) is 72.3 Å². The lowest BCUT2D eigenvalue weighted by Crippen LogP contribution is -2.42. The van der Waals surface area contributed by atoms with Crippen molar-refractivity contribution in [3.8, 4) is 11.1 Å². The van der Waals surface area contributed by atoms with E-state index >= 15 is 0 Å². The van der Waals surface area contributed by atoms with Crippen LogP contribution in [0.5, 0.6) is 0 Å². The number of aromatic nitrogens is 3. The standard InChI is InChI=1S/C43H52N8O3/c1-4-39-37(40(48-35-14-20-54-21-15-35)38-27-47-51(5-2)41(38)49-39)26-46-43(53)34-11-7-10-33(24-34)42(52)45-25-30-13-12-29(3)36(23-30)32-9-6-8-31(22-32)28-50-18-16-44-17-19-50/h6-13,22-24,27,35,44H,4-5,14-21,25-26,28H2,1-3H3,(H,45,52)(H,46,53)(H,48,49). The highest BCUT2D eigenvalue weighted by molar-refractivity contribution is 6.00. The number of carbonyl (C=O) groups is 2. The molecule has 0 aliphatic carbocycles. The van der Waals surface area contributed by atoms with E-state index in [1.165, 1.54) is 16.7 Å². The molecule has 0 saturated carbocycles. The molecule has 282 valence electrons. The molecule has 0 unspecified atom stereocenters. The molecule has 2 saturated heterocycles. The molecule has 54 heavy (non-hydrogen) atoms. The third-order valence-corrected chi connectivity index (χ3v) is 10.6. The number of aryl methyl sites for hydroxylation is 3. The molecule has 0 spiro atoms. The molecule has 0 radical (unpaired) electrons. The minimum absolute atomic E-state index is 0.233. The fourth-order valence-corrected chi connectivity index (χ4v) is 7.51. The van der Waals surface area contributed by atoms with Gasteiger partial charge in [-0.1, -0.05) is 43.3 Å². The van der Waals surface area contributed by atoms with Crippen LogP contribution in [0.25, 0.3) is 22.2 Å². The van der Waals surface area contributed by atoms with E-state index in [0.29, 0.717) is 37.2 Å². The van der Waals surface area contributed by atoms with Gasteiger partial charge in [-0.05, 0) is 91.3 Å². The van der Waals surface area contributed by atoms with Gasteiger partial charge in [0.05, 0.1) is 17.3 Å². The van der Waals surface area contributed by atoms with E-state index in [4.69, 9.17) is 9.72 Å². The SMILES string of the molecule is CCc1nc2c(cnn2CC)c(NC2CCOCC2)c1CNC(=O)c1cccc(C(=O)NCc2ccc(C)c(-c3cccc(CN4CCNCC4)c3)c2)c1. The molecule has 2 fully saturated rings. The molecular formula is C43H52N8O3. The number of carbonyl (C=O) groups excluding carboxylic acids is 2.